The van der Waals surface area contributed by atoms with Crippen LogP contribution in [0.25, 0.3) is 0 Å². The summed E-state index contributed by atoms with van der Waals surface area (Å²) in [5.41, 5.74) is 2.93. The molecule has 0 bridgehead atoms. The second-order valence-electron chi connectivity index (χ2n) is 5.95. The second-order valence-corrected chi connectivity index (χ2v) is 5.95. The zero-order chi connectivity index (χ0) is 13.9. The standard InChI is InChI=1S/C14H22N2O3/c1-14(2)5-3-11(4-6-14)19-9-12-7-10(8-18-12)13(17)16-15/h7-8,11H,3-6,9,15H2,1-2H3,(H,16,17). The van der Waals surface area contributed by atoms with Gasteiger partial charge >= 0.3 is 0 Å². The minimum atomic E-state index is -0.352. The fourth-order valence-corrected chi connectivity index (χ4v) is 2.40. The van der Waals surface area contributed by atoms with Gasteiger partial charge in [-0.15, -0.1) is 0 Å². The summed E-state index contributed by atoms with van der Waals surface area (Å²) < 4.78 is 11.1. The molecule has 2 rings (SSSR count). The van der Waals surface area contributed by atoms with E-state index >= 15 is 0 Å². The quantitative estimate of drug-likeness (QED) is 0.498. The first-order chi connectivity index (χ1) is 9.00. The number of ether oxygens (including phenoxy) is 1. The van der Waals surface area contributed by atoms with E-state index in [4.69, 9.17) is 15.0 Å². The number of nitrogens with one attached hydrogen (secondary N) is 1. The molecular weight excluding hydrogens is 244 g/mol. The Labute approximate surface area is 113 Å². The molecule has 1 heterocycles. The van der Waals surface area contributed by atoms with E-state index in [1.807, 2.05) is 0 Å². The number of hydrazine groups is 1. The van der Waals surface area contributed by atoms with Gasteiger partial charge in [0.25, 0.3) is 5.91 Å². The molecule has 0 atom stereocenters. The molecule has 1 saturated carbocycles. The Bertz CT molecular complexity index is 430. The second kappa shape index (κ2) is 5.75. The van der Waals surface area contributed by atoms with E-state index in [1.165, 1.54) is 19.1 Å². The molecule has 19 heavy (non-hydrogen) atoms. The van der Waals surface area contributed by atoms with Crippen LogP contribution in [-0.4, -0.2) is 12.0 Å². The zero-order valence-corrected chi connectivity index (χ0v) is 11.6. The topological polar surface area (TPSA) is 77.5 Å². The molecule has 3 N–H and O–H groups in total. The average molecular weight is 266 g/mol. The van der Waals surface area contributed by atoms with Gasteiger partial charge in [-0.05, 0) is 37.2 Å². The lowest BCUT2D eigenvalue weighted by Crippen LogP contribution is -2.29. The summed E-state index contributed by atoms with van der Waals surface area (Å²) >= 11 is 0. The van der Waals surface area contributed by atoms with E-state index in [2.05, 4.69) is 19.3 Å². The van der Waals surface area contributed by atoms with Crippen molar-refractivity contribution in [1.82, 2.24) is 5.43 Å². The van der Waals surface area contributed by atoms with Crippen LogP contribution in [0.1, 0.15) is 55.6 Å². The van der Waals surface area contributed by atoms with Crippen molar-refractivity contribution >= 4 is 5.91 Å². The fourth-order valence-electron chi connectivity index (χ4n) is 2.40. The molecule has 0 unspecified atom stereocenters. The molecule has 1 aliphatic rings. The van der Waals surface area contributed by atoms with E-state index in [0.29, 0.717) is 29.4 Å². The number of nitrogen functional groups attached to an aromatic ring is 1. The van der Waals surface area contributed by atoms with E-state index < -0.39 is 0 Å². The van der Waals surface area contributed by atoms with Crippen LogP contribution in [0.3, 0.4) is 0 Å². The molecular formula is C14H22N2O3. The molecule has 0 spiro atoms. The van der Waals surface area contributed by atoms with Crippen LogP contribution >= 0.6 is 0 Å². The van der Waals surface area contributed by atoms with Crippen molar-refractivity contribution in [2.45, 2.75) is 52.2 Å². The van der Waals surface area contributed by atoms with Crippen molar-refractivity contribution in [3.8, 4) is 0 Å². The molecule has 1 fully saturated rings. The smallest absolute Gasteiger partial charge is 0.268 e. The van der Waals surface area contributed by atoms with Crippen molar-refractivity contribution in [1.29, 1.82) is 0 Å². The minimum absolute atomic E-state index is 0.296. The Kier molecular flexibility index (Phi) is 4.27. The van der Waals surface area contributed by atoms with E-state index in [9.17, 15) is 4.79 Å². The number of hydrogen-bond acceptors (Lipinski definition) is 4. The van der Waals surface area contributed by atoms with Gasteiger partial charge in [0.1, 0.15) is 18.6 Å². The van der Waals surface area contributed by atoms with Gasteiger partial charge in [0.15, 0.2) is 0 Å². The molecule has 0 radical (unpaired) electrons. The highest BCUT2D eigenvalue weighted by Gasteiger charge is 2.27. The van der Waals surface area contributed by atoms with Crippen molar-refractivity contribution in [3.63, 3.8) is 0 Å². The molecule has 1 amide bonds. The Hall–Kier alpha value is -1.33. The average Bonchev–Trinajstić information content (AvgIpc) is 2.85. The van der Waals surface area contributed by atoms with Crippen LogP contribution in [0.5, 0.6) is 0 Å². The largest absolute Gasteiger partial charge is 0.466 e. The number of nitrogens with two attached hydrogens (primary N) is 1. The fraction of sp³-hybridized carbons (Fsp3) is 0.643. The highest BCUT2D eigenvalue weighted by molar-refractivity contribution is 5.93. The number of hydrogen-bond donors (Lipinski definition) is 2. The first kappa shape index (κ1) is 14.1. The molecule has 1 aliphatic carbocycles. The summed E-state index contributed by atoms with van der Waals surface area (Å²) in [6.07, 6.45) is 6.25. The van der Waals surface area contributed by atoms with Gasteiger partial charge in [-0.25, -0.2) is 5.84 Å². The molecule has 0 aliphatic heterocycles. The van der Waals surface area contributed by atoms with Crippen LogP contribution in [0, 0.1) is 5.41 Å². The normalized spacial score (nSPS) is 19.3. The van der Waals surface area contributed by atoms with Crippen molar-refractivity contribution < 1.29 is 13.9 Å². The summed E-state index contributed by atoms with van der Waals surface area (Å²) in [6.45, 7) is 5.00. The van der Waals surface area contributed by atoms with Crippen LogP contribution < -0.4 is 11.3 Å². The van der Waals surface area contributed by atoms with E-state index in [0.717, 1.165) is 12.8 Å². The van der Waals surface area contributed by atoms with Gasteiger partial charge in [0, 0.05) is 0 Å². The molecule has 5 nitrogen and oxygen atoms in total. The van der Waals surface area contributed by atoms with Gasteiger partial charge in [-0.3, -0.25) is 10.2 Å². The summed E-state index contributed by atoms with van der Waals surface area (Å²) in [7, 11) is 0. The molecule has 106 valence electrons. The number of carbonyl (C=O) groups excluding carboxylic acids is 1. The lowest BCUT2D eigenvalue weighted by atomic mass is 9.76. The summed E-state index contributed by atoms with van der Waals surface area (Å²) in [4.78, 5) is 11.3. The Morgan fingerprint density at radius 3 is 2.84 bits per heavy atom. The SMILES string of the molecule is CC1(C)CCC(OCc2cc(C(=O)NN)co2)CC1. The summed E-state index contributed by atoms with van der Waals surface area (Å²) in [5, 5.41) is 0. The van der Waals surface area contributed by atoms with Crippen LogP contribution in [0.2, 0.25) is 0 Å². The number of carbonyl (C=O) groups is 1. The van der Waals surface area contributed by atoms with Gasteiger partial charge in [0.05, 0.1) is 11.7 Å². The van der Waals surface area contributed by atoms with Gasteiger partial charge < -0.3 is 9.15 Å². The predicted molar refractivity (Wildman–Crippen MR) is 71.2 cm³/mol. The third-order valence-electron chi connectivity index (χ3n) is 3.79. The molecule has 5 heteroatoms. The lowest BCUT2D eigenvalue weighted by molar-refractivity contribution is -0.0120. The zero-order valence-electron chi connectivity index (χ0n) is 11.6. The molecule has 1 aromatic rings. The predicted octanol–water partition coefficient (Wildman–Crippen LogP) is 2.37. The maximum atomic E-state index is 11.3. The van der Waals surface area contributed by atoms with Gasteiger partial charge in [0.2, 0.25) is 0 Å². The minimum Gasteiger partial charge on any atom is -0.466 e. The summed E-state index contributed by atoms with van der Waals surface area (Å²) in [5.74, 6) is 5.36. The third kappa shape index (κ3) is 3.81. The Morgan fingerprint density at radius 2 is 2.21 bits per heavy atom. The van der Waals surface area contributed by atoms with Gasteiger partial charge in [-0.2, -0.15) is 0 Å². The van der Waals surface area contributed by atoms with Crippen molar-refractivity contribution in [3.05, 3.63) is 23.7 Å². The first-order valence-electron chi connectivity index (χ1n) is 6.70. The van der Waals surface area contributed by atoms with Crippen molar-refractivity contribution in [2.24, 2.45) is 11.3 Å². The maximum absolute atomic E-state index is 11.3. The van der Waals surface area contributed by atoms with E-state index in [-0.39, 0.29) is 5.91 Å². The Morgan fingerprint density at radius 1 is 1.53 bits per heavy atom. The molecule has 1 aromatic heterocycles. The third-order valence-corrected chi connectivity index (χ3v) is 3.79. The summed E-state index contributed by atoms with van der Waals surface area (Å²) in [6, 6.07) is 1.66. The number of furan rings is 1. The lowest BCUT2D eigenvalue weighted by Gasteiger charge is -2.33. The number of rotatable bonds is 4. The maximum Gasteiger partial charge on any atom is 0.268 e. The molecule has 0 aromatic carbocycles. The van der Waals surface area contributed by atoms with Crippen LogP contribution in [-0.2, 0) is 11.3 Å². The monoisotopic (exact) mass is 266 g/mol. The van der Waals surface area contributed by atoms with Crippen LogP contribution in [0.4, 0.5) is 0 Å². The van der Waals surface area contributed by atoms with E-state index in [1.54, 1.807) is 6.07 Å². The van der Waals surface area contributed by atoms with Crippen LogP contribution in [0.15, 0.2) is 16.7 Å². The van der Waals surface area contributed by atoms with Gasteiger partial charge in [-0.1, -0.05) is 13.8 Å². The highest BCUT2D eigenvalue weighted by atomic mass is 16.5. The molecule has 0 saturated heterocycles. The first-order valence-corrected chi connectivity index (χ1v) is 6.70. The Balaban J connectivity index is 1.80. The highest BCUT2D eigenvalue weighted by Crippen LogP contribution is 2.36. The number of amides is 1. The van der Waals surface area contributed by atoms with Crippen molar-refractivity contribution in [2.75, 3.05) is 0 Å².